The SMILES string of the molecule is O=C1Nc2cccc3cc(F)cc1c23. The Kier molecular flexibility index (Phi) is 1.24. The number of amides is 1. The molecule has 68 valence electrons. The molecule has 0 unspecified atom stereocenters. The Hall–Kier alpha value is -1.90. The van der Waals surface area contributed by atoms with E-state index < -0.39 is 0 Å². The van der Waals surface area contributed by atoms with Crippen molar-refractivity contribution in [3.05, 3.63) is 41.7 Å². The quantitative estimate of drug-likeness (QED) is 0.674. The smallest absolute Gasteiger partial charge is 0.256 e. The molecular weight excluding hydrogens is 181 g/mol. The number of hydrogen-bond donors (Lipinski definition) is 1. The molecule has 0 radical (unpaired) electrons. The summed E-state index contributed by atoms with van der Waals surface area (Å²) < 4.78 is 13.1. The van der Waals surface area contributed by atoms with Crippen LogP contribution in [0.15, 0.2) is 30.3 Å². The van der Waals surface area contributed by atoms with Crippen molar-refractivity contribution < 1.29 is 9.18 Å². The molecule has 1 aliphatic heterocycles. The zero-order valence-electron chi connectivity index (χ0n) is 7.17. The summed E-state index contributed by atoms with van der Waals surface area (Å²) in [7, 11) is 0. The summed E-state index contributed by atoms with van der Waals surface area (Å²) in [4.78, 5) is 11.4. The average molecular weight is 187 g/mol. The third-order valence-corrected chi connectivity index (χ3v) is 2.43. The number of nitrogens with one attached hydrogen (secondary N) is 1. The summed E-state index contributed by atoms with van der Waals surface area (Å²) in [6.45, 7) is 0. The fourth-order valence-corrected chi connectivity index (χ4v) is 1.86. The molecule has 2 aromatic carbocycles. The first-order chi connectivity index (χ1) is 6.75. The molecule has 0 spiro atoms. The number of carbonyl (C=O) groups excluding carboxylic acids is 1. The molecule has 1 heterocycles. The Labute approximate surface area is 79.3 Å². The van der Waals surface area contributed by atoms with Crippen LogP contribution in [0.4, 0.5) is 10.1 Å². The van der Waals surface area contributed by atoms with Crippen LogP contribution in [0.5, 0.6) is 0 Å². The Morgan fingerprint density at radius 3 is 2.93 bits per heavy atom. The molecule has 14 heavy (non-hydrogen) atoms. The van der Waals surface area contributed by atoms with Gasteiger partial charge in [0.2, 0.25) is 0 Å². The van der Waals surface area contributed by atoms with Crippen molar-refractivity contribution in [3.8, 4) is 0 Å². The largest absolute Gasteiger partial charge is 0.321 e. The molecule has 0 atom stereocenters. The molecule has 0 saturated carbocycles. The number of halogens is 1. The van der Waals surface area contributed by atoms with E-state index in [-0.39, 0.29) is 11.7 Å². The van der Waals surface area contributed by atoms with Gasteiger partial charge < -0.3 is 5.32 Å². The highest BCUT2D eigenvalue weighted by atomic mass is 19.1. The van der Waals surface area contributed by atoms with Gasteiger partial charge in [0, 0.05) is 11.1 Å². The molecule has 3 rings (SSSR count). The second-order valence-electron chi connectivity index (χ2n) is 3.31. The summed E-state index contributed by atoms with van der Waals surface area (Å²) in [6.07, 6.45) is 0. The third-order valence-electron chi connectivity index (χ3n) is 2.43. The normalized spacial score (nSPS) is 13.4. The Morgan fingerprint density at radius 1 is 1.21 bits per heavy atom. The number of rotatable bonds is 0. The van der Waals surface area contributed by atoms with Gasteiger partial charge in [0.1, 0.15) is 5.82 Å². The molecule has 2 aromatic rings. The highest BCUT2D eigenvalue weighted by Crippen LogP contribution is 2.33. The number of hydrogen-bond acceptors (Lipinski definition) is 1. The number of benzene rings is 2. The van der Waals surface area contributed by atoms with Crippen LogP contribution in [0.1, 0.15) is 10.4 Å². The zero-order chi connectivity index (χ0) is 9.71. The molecule has 1 N–H and O–H groups in total. The maximum absolute atomic E-state index is 13.1. The predicted octanol–water partition coefficient (Wildman–Crippen LogP) is 2.54. The molecule has 2 nitrogen and oxygen atoms in total. The lowest BCUT2D eigenvalue weighted by Crippen LogP contribution is -2.04. The van der Waals surface area contributed by atoms with Gasteiger partial charge >= 0.3 is 0 Å². The zero-order valence-corrected chi connectivity index (χ0v) is 7.17. The lowest BCUT2D eigenvalue weighted by Gasteiger charge is -1.98. The second-order valence-corrected chi connectivity index (χ2v) is 3.31. The Balaban J connectivity index is 2.56. The van der Waals surface area contributed by atoms with Gasteiger partial charge in [0.15, 0.2) is 0 Å². The van der Waals surface area contributed by atoms with E-state index in [2.05, 4.69) is 5.32 Å². The van der Waals surface area contributed by atoms with Gasteiger partial charge in [-0.3, -0.25) is 4.79 Å². The minimum absolute atomic E-state index is 0.226. The van der Waals surface area contributed by atoms with Crippen LogP contribution in [-0.2, 0) is 0 Å². The number of carbonyl (C=O) groups is 1. The fourth-order valence-electron chi connectivity index (χ4n) is 1.86. The van der Waals surface area contributed by atoms with E-state index in [0.29, 0.717) is 5.56 Å². The average Bonchev–Trinajstić information content (AvgIpc) is 2.45. The van der Waals surface area contributed by atoms with Gasteiger partial charge in [0.25, 0.3) is 5.91 Å². The van der Waals surface area contributed by atoms with E-state index >= 15 is 0 Å². The maximum Gasteiger partial charge on any atom is 0.256 e. The van der Waals surface area contributed by atoms with Gasteiger partial charge in [-0.05, 0) is 23.6 Å². The first kappa shape index (κ1) is 7.50. The Morgan fingerprint density at radius 2 is 2.07 bits per heavy atom. The van der Waals surface area contributed by atoms with E-state index in [1.807, 2.05) is 6.07 Å². The van der Waals surface area contributed by atoms with Crippen molar-refractivity contribution in [2.24, 2.45) is 0 Å². The van der Waals surface area contributed by atoms with Crippen LogP contribution in [0.3, 0.4) is 0 Å². The van der Waals surface area contributed by atoms with Crippen molar-refractivity contribution in [3.63, 3.8) is 0 Å². The first-order valence-electron chi connectivity index (χ1n) is 4.29. The highest BCUT2D eigenvalue weighted by molar-refractivity contribution is 6.23. The number of anilines is 1. The standard InChI is InChI=1S/C11H6FNO/c12-7-4-6-2-1-3-9-10(6)8(5-7)11(14)13-9/h1-5H,(H,13,14). The first-order valence-corrected chi connectivity index (χ1v) is 4.29. The summed E-state index contributed by atoms with van der Waals surface area (Å²) in [5.41, 5.74) is 1.19. The van der Waals surface area contributed by atoms with Crippen LogP contribution in [0.25, 0.3) is 10.8 Å². The summed E-state index contributed by atoms with van der Waals surface area (Å²) in [5, 5.41) is 4.27. The van der Waals surface area contributed by atoms with Crippen LogP contribution in [-0.4, -0.2) is 5.91 Å². The second kappa shape index (κ2) is 2.32. The van der Waals surface area contributed by atoms with Gasteiger partial charge in [-0.15, -0.1) is 0 Å². The molecule has 1 amide bonds. The molecule has 0 fully saturated rings. The van der Waals surface area contributed by atoms with Gasteiger partial charge in [-0.2, -0.15) is 0 Å². The molecule has 0 bridgehead atoms. The van der Waals surface area contributed by atoms with Gasteiger partial charge in [-0.25, -0.2) is 4.39 Å². The molecule has 0 saturated heterocycles. The van der Waals surface area contributed by atoms with Crippen LogP contribution in [0, 0.1) is 5.82 Å². The van der Waals surface area contributed by atoms with Crippen molar-refractivity contribution in [1.82, 2.24) is 0 Å². The monoisotopic (exact) mass is 187 g/mol. The third kappa shape index (κ3) is 0.812. The maximum atomic E-state index is 13.1. The highest BCUT2D eigenvalue weighted by Gasteiger charge is 2.21. The predicted molar refractivity (Wildman–Crippen MR) is 51.9 cm³/mol. The minimum atomic E-state index is -0.373. The van der Waals surface area contributed by atoms with Crippen molar-refractivity contribution in [1.29, 1.82) is 0 Å². The van der Waals surface area contributed by atoms with Crippen LogP contribution < -0.4 is 5.32 Å². The molecule has 3 heteroatoms. The van der Waals surface area contributed by atoms with E-state index in [1.165, 1.54) is 12.1 Å². The topological polar surface area (TPSA) is 29.1 Å². The van der Waals surface area contributed by atoms with Crippen molar-refractivity contribution in [2.45, 2.75) is 0 Å². The van der Waals surface area contributed by atoms with Crippen molar-refractivity contribution in [2.75, 3.05) is 5.32 Å². The molecular formula is C11H6FNO. The van der Waals surface area contributed by atoms with E-state index in [1.54, 1.807) is 12.1 Å². The van der Waals surface area contributed by atoms with E-state index in [9.17, 15) is 9.18 Å². The molecule has 0 aliphatic carbocycles. The van der Waals surface area contributed by atoms with E-state index in [0.717, 1.165) is 16.5 Å². The van der Waals surface area contributed by atoms with Gasteiger partial charge in [0.05, 0.1) is 5.56 Å². The Bertz CT molecular complexity index is 562. The lowest BCUT2D eigenvalue weighted by molar-refractivity contribution is 0.103. The lowest BCUT2D eigenvalue weighted by atomic mass is 10.1. The van der Waals surface area contributed by atoms with Crippen LogP contribution >= 0.6 is 0 Å². The molecule has 1 aliphatic rings. The summed E-state index contributed by atoms with van der Waals surface area (Å²) in [6, 6.07) is 8.11. The molecule has 0 aromatic heterocycles. The summed E-state index contributed by atoms with van der Waals surface area (Å²) in [5.74, 6) is -0.600. The fraction of sp³-hybridized carbons (Fsp3) is 0. The summed E-state index contributed by atoms with van der Waals surface area (Å²) >= 11 is 0. The minimum Gasteiger partial charge on any atom is -0.321 e. The van der Waals surface area contributed by atoms with Crippen LogP contribution in [0.2, 0.25) is 0 Å². The van der Waals surface area contributed by atoms with Gasteiger partial charge in [-0.1, -0.05) is 12.1 Å². The van der Waals surface area contributed by atoms with E-state index in [4.69, 9.17) is 0 Å². The van der Waals surface area contributed by atoms with Crippen molar-refractivity contribution >= 4 is 22.4 Å².